The first-order chi connectivity index (χ1) is 16.4. The lowest BCUT2D eigenvalue weighted by Crippen LogP contribution is -1.93. The Kier molecular flexibility index (Phi) is 3.42. The van der Waals surface area contributed by atoms with E-state index in [1.54, 1.807) is 17.7 Å². The van der Waals surface area contributed by atoms with Gasteiger partial charge in [0.1, 0.15) is 6.33 Å². The van der Waals surface area contributed by atoms with Gasteiger partial charge in [0.25, 0.3) is 0 Å². The van der Waals surface area contributed by atoms with E-state index in [2.05, 4.69) is 93.4 Å². The van der Waals surface area contributed by atoms with Crippen molar-refractivity contribution in [2.45, 2.75) is 0 Å². The Morgan fingerprint density at radius 3 is 2.42 bits per heavy atom. The van der Waals surface area contributed by atoms with E-state index >= 15 is 0 Å². The lowest BCUT2D eigenvalue weighted by atomic mass is 10.1. The minimum atomic E-state index is 1.04. The van der Waals surface area contributed by atoms with Gasteiger partial charge in [-0.2, -0.15) is 0 Å². The van der Waals surface area contributed by atoms with Crippen molar-refractivity contribution in [2.75, 3.05) is 0 Å². The first-order valence-corrected chi connectivity index (χ1v) is 12.5. The molecule has 4 heterocycles. The molecule has 0 fully saturated rings. The second-order valence-electron chi connectivity index (χ2n) is 8.28. The maximum atomic E-state index is 4.68. The summed E-state index contributed by atoms with van der Waals surface area (Å²) in [4.78, 5) is 8.93. The average molecular weight is 458 g/mol. The second-order valence-corrected chi connectivity index (χ2v) is 10.4. The van der Waals surface area contributed by atoms with Crippen LogP contribution in [0.4, 0.5) is 0 Å². The predicted octanol–water partition coefficient (Wildman–Crippen LogP) is 8.31. The van der Waals surface area contributed by atoms with Gasteiger partial charge in [-0.3, -0.25) is 0 Å². The maximum absolute atomic E-state index is 4.68. The predicted molar refractivity (Wildman–Crippen MR) is 142 cm³/mol. The van der Waals surface area contributed by atoms with Crippen molar-refractivity contribution in [1.29, 1.82) is 0 Å². The van der Waals surface area contributed by atoms with Crippen LogP contribution in [-0.4, -0.2) is 14.5 Å². The van der Waals surface area contributed by atoms with E-state index in [1.807, 2.05) is 17.5 Å². The Hall–Kier alpha value is -3.80. The lowest BCUT2D eigenvalue weighted by Gasteiger charge is -2.09. The zero-order valence-electron chi connectivity index (χ0n) is 17.3. The molecule has 0 atom stereocenters. The van der Waals surface area contributed by atoms with Crippen LogP contribution in [0.3, 0.4) is 0 Å². The number of thiophene rings is 2. The van der Waals surface area contributed by atoms with Crippen LogP contribution in [0.5, 0.6) is 0 Å². The molecule has 0 bridgehead atoms. The number of hydrogen-bond donors (Lipinski definition) is 0. The normalized spacial score (nSPS) is 12.2. The molecule has 8 rings (SSSR count). The van der Waals surface area contributed by atoms with Gasteiger partial charge < -0.3 is 4.57 Å². The van der Waals surface area contributed by atoms with E-state index in [0.717, 1.165) is 10.2 Å². The highest BCUT2D eigenvalue weighted by atomic mass is 32.1. The van der Waals surface area contributed by atoms with Crippen LogP contribution < -0.4 is 0 Å². The lowest BCUT2D eigenvalue weighted by molar-refractivity contribution is 1.20. The van der Waals surface area contributed by atoms with Gasteiger partial charge in [-0.05, 0) is 30.3 Å². The third-order valence-corrected chi connectivity index (χ3v) is 8.85. The van der Waals surface area contributed by atoms with Crippen LogP contribution >= 0.6 is 22.7 Å². The van der Waals surface area contributed by atoms with Crippen molar-refractivity contribution in [1.82, 2.24) is 14.5 Å². The summed E-state index contributed by atoms with van der Waals surface area (Å²) in [6.45, 7) is 0. The minimum absolute atomic E-state index is 1.04. The molecule has 0 saturated heterocycles. The monoisotopic (exact) mass is 457 g/mol. The van der Waals surface area contributed by atoms with E-state index in [4.69, 9.17) is 0 Å². The molecule has 0 spiro atoms. The SMILES string of the molecule is c1ccc2c(c1)sc1c(-n3c4ccccc4c4c5c(ccc43)sc3cncnc35)cccc12. The Labute approximate surface area is 196 Å². The number of hydrogen-bond acceptors (Lipinski definition) is 4. The molecular formula is C28H15N3S2. The van der Waals surface area contributed by atoms with Gasteiger partial charge in [-0.1, -0.05) is 48.5 Å². The standard InChI is InChI=1S/C28H15N3S2/c1-3-9-19-18(7-1)25-20(12-13-23-26(25)27-24(32-23)14-29-15-30-27)31(19)21-10-5-8-17-16-6-2-4-11-22(16)33-28(17)21/h1-15H. The maximum Gasteiger partial charge on any atom is 0.116 e. The summed E-state index contributed by atoms with van der Waals surface area (Å²) in [7, 11) is 0. The fraction of sp³-hybridized carbons (Fsp3) is 0. The van der Waals surface area contributed by atoms with Gasteiger partial charge in [0, 0.05) is 42.5 Å². The van der Waals surface area contributed by atoms with Crippen LogP contribution in [0.2, 0.25) is 0 Å². The highest BCUT2D eigenvalue weighted by molar-refractivity contribution is 7.26. The highest BCUT2D eigenvalue weighted by Crippen LogP contribution is 2.44. The van der Waals surface area contributed by atoms with Crippen molar-refractivity contribution < 1.29 is 0 Å². The van der Waals surface area contributed by atoms with Gasteiger partial charge in [0.15, 0.2) is 0 Å². The zero-order valence-corrected chi connectivity index (χ0v) is 19.0. The Morgan fingerprint density at radius 2 is 1.45 bits per heavy atom. The molecule has 0 saturated carbocycles. The summed E-state index contributed by atoms with van der Waals surface area (Å²) >= 11 is 3.64. The summed E-state index contributed by atoms with van der Waals surface area (Å²) in [5, 5.41) is 6.39. The largest absolute Gasteiger partial charge is 0.308 e. The number of para-hydroxylation sites is 1. The van der Waals surface area contributed by atoms with E-state index < -0.39 is 0 Å². The van der Waals surface area contributed by atoms with Crippen LogP contribution in [0.15, 0.2) is 91.4 Å². The quantitative estimate of drug-likeness (QED) is 0.248. The van der Waals surface area contributed by atoms with Gasteiger partial charge in [-0.25, -0.2) is 9.97 Å². The van der Waals surface area contributed by atoms with Crippen molar-refractivity contribution in [3.05, 3.63) is 91.4 Å². The molecular weight excluding hydrogens is 442 g/mol. The Balaban J connectivity index is 1.61. The topological polar surface area (TPSA) is 30.7 Å². The first-order valence-electron chi connectivity index (χ1n) is 10.8. The van der Waals surface area contributed by atoms with Crippen molar-refractivity contribution in [3.8, 4) is 5.69 Å². The number of rotatable bonds is 1. The third kappa shape index (κ3) is 2.28. The van der Waals surface area contributed by atoms with Crippen LogP contribution in [0.1, 0.15) is 0 Å². The molecule has 0 amide bonds. The van der Waals surface area contributed by atoms with E-state index in [0.29, 0.717) is 0 Å². The molecule has 3 nitrogen and oxygen atoms in total. The summed E-state index contributed by atoms with van der Waals surface area (Å²) in [5.74, 6) is 0. The van der Waals surface area contributed by atoms with Crippen molar-refractivity contribution in [3.63, 3.8) is 0 Å². The Morgan fingerprint density at radius 1 is 0.606 bits per heavy atom. The Bertz CT molecular complexity index is 2040. The average Bonchev–Trinajstić information content (AvgIpc) is 3.53. The molecule has 0 N–H and O–H groups in total. The fourth-order valence-electron chi connectivity index (χ4n) is 5.23. The number of aromatic nitrogens is 3. The molecule has 4 aromatic carbocycles. The van der Waals surface area contributed by atoms with Gasteiger partial charge >= 0.3 is 0 Å². The molecule has 154 valence electrons. The van der Waals surface area contributed by atoms with E-state index in [-0.39, 0.29) is 0 Å². The van der Waals surface area contributed by atoms with Crippen molar-refractivity contribution in [2.24, 2.45) is 0 Å². The molecule has 0 aliphatic carbocycles. The fourth-order valence-corrected chi connectivity index (χ4v) is 7.47. The molecule has 8 aromatic rings. The smallest absolute Gasteiger partial charge is 0.116 e. The number of fused-ring (bicyclic) bond motifs is 10. The molecule has 33 heavy (non-hydrogen) atoms. The van der Waals surface area contributed by atoms with Crippen LogP contribution in [-0.2, 0) is 0 Å². The zero-order chi connectivity index (χ0) is 21.5. The number of nitrogens with zero attached hydrogens (tertiary/aromatic N) is 3. The first kappa shape index (κ1) is 17.7. The molecule has 0 unspecified atom stereocenters. The summed E-state index contributed by atoms with van der Waals surface area (Å²) in [6.07, 6.45) is 3.58. The minimum Gasteiger partial charge on any atom is -0.308 e. The van der Waals surface area contributed by atoms with Crippen LogP contribution in [0.25, 0.3) is 68.0 Å². The second kappa shape index (κ2) is 6.38. The summed E-state index contributed by atoms with van der Waals surface area (Å²) in [5.41, 5.74) is 4.71. The molecule has 0 radical (unpaired) electrons. The summed E-state index contributed by atoms with van der Waals surface area (Å²) in [6, 6.07) is 28.6. The van der Waals surface area contributed by atoms with Crippen LogP contribution in [0, 0.1) is 0 Å². The van der Waals surface area contributed by atoms with Gasteiger partial charge in [0.05, 0.1) is 31.6 Å². The van der Waals surface area contributed by atoms with Crippen molar-refractivity contribution >= 4 is 85.0 Å². The highest BCUT2D eigenvalue weighted by Gasteiger charge is 2.20. The molecule has 4 aromatic heterocycles. The summed E-state index contributed by atoms with van der Waals surface area (Å²) < 4.78 is 7.46. The molecule has 0 aliphatic heterocycles. The third-order valence-electron chi connectivity index (χ3n) is 6.56. The molecule has 5 heteroatoms. The molecule has 0 aliphatic rings. The van der Waals surface area contributed by atoms with Gasteiger partial charge in [-0.15, -0.1) is 22.7 Å². The van der Waals surface area contributed by atoms with E-state index in [1.165, 1.54) is 57.8 Å². The number of benzene rings is 4. The van der Waals surface area contributed by atoms with E-state index in [9.17, 15) is 0 Å². The van der Waals surface area contributed by atoms with Gasteiger partial charge in [0.2, 0.25) is 0 Å².